The van der Waals surface area contributed by atoms with Gasteiger partial charge >= 0.3 is 0 Å². The molecule has 19 heavy (non-hydrogen) atoms. The number of hydrogen-bond donors (Lipinski definition) is 2. The van der Waals surface area contributed by atoms with Crippen molar-refractivity contribution in [3.8, 4) is 0 Å². The Hall–Kier alpha value is -1.06. The fraction of sp³-hybridized carbons (Fsp3) is 0.200. The summed E-state index contributed by atoms with van der Waals surface area (Å²) in [6.07, 6.45) is 0. The van der Waals surface area contributed by atoms with Crippen molar-refractivity contribution < 1.29 is 0 Å². The quantitative estimate of drug-likeness (QED) is 0.659. The van der Waals surface area contributed by atoms with Crippen LogP contribution >= 0.6 is 23.2 Å². The summed E-state index contributed by atoms with van der Waals surface area (Å²) in [7, 11) is 0. The van der Waals surface area contributed by atoms with Crippen LogP contribution in [0, 0.1) is 13.8 Å². The van der Waals surface area contributed by atoms with Gasteiger partial charge in [-0.25, -0.2) is 5.43 Å². The molecule has 2 nitrogen and oxygen atoms in total. The Balaban J connectivity index is 2.50. The Morgan fingerprint density at radius 1 is 1.00 bits per heavy atom. The fourth-order valence-electron chi connectivity index (χ4n) is 2.23. The van der Waals surface area contributed by atoms with Crippen LogP contribution in [-0.2, 0) is 0 Å². The van der Waals surface area contributed by atoms with Gasteiger partial charge in [0.25, 0.3) is 0 Å². The summed E-state index contributed by atoms with van der Waals surface area (Å²) in [5.74, 6) is 5.71. The molecule has 100 valence electrons. The van der Waals surface area contributed by atoms with Crippen molar-refractivity contribution in [2.24, 2.45) is 5.84 Å². The first-order valence-corrected chi connectivity index (χ1v) is 6.76. The summed E-state index contributed by atoms with van der Waals surface area (Å²) < 4.78 is 0. The minimum atomic E-state index is -0.148. The Morgan fingerprint density at radius 2 is 1.68 bits per heavy atom. The van der Waals surface area contributed by atoms with Crippen LogP contribution in [0.15, 0.2) is 36.4 Å². The molecule has 4 heteroatoms. The van der Waals surface area contributed by atoms with Gasteiger partial charge in [-0.05, 0) is 42.7 Å². The number of nitrogens with two attached hydrogens (primary N) is 1. The zero-order chi connectivity index (χ0) is 14.0. The maximum atomic E-state index is 6.26. The van der Waals surface area contributed by atoms with Crippen molar-refractivity contribution in [1.29, 1.82) is 0 Å². The molecule has 0 fully saturated rings. The van der Waals surface area contributed by atoms with E-state index in [1.165, 1.54) is 11.1 Å². The van der Waals surface area contributed by atoms with E-state index in [4.69, 9.17) is 29.0 Å². The molecular weight excluding hydrogens is 279 g/mol. The van der Waals surface area contributed by atoms with Crippen molar-refractivity contribution in [3.63, 3.8) is 0 Å². The lowest BCUT2D eigenvalue weighted by molar-refractivity contribution is 0.634. The number of benzene rings is 2. The molecule has 3 N–H and O–H groups in total. The fourth-order valence-corrected chi connectivity index (χ4v) is 2.75. The number of hydrazine groups is 1. The molecule has 2 aromatic carbocycles. The number of rotatable bonds is 3. The molecule has 0 aliphatic carbocycles. The van der Waals surface area contributed by atoms with E-state index < -0.39 is 0 Å². The molecular formula is C15H16Cl2N2. The van der Waals surface area contributed by atoms with E-state index in [1.54, 1.807) is 6.07 Å². The molecule has 0 heterocycles. The molecule has 0 aromatic heterocycles. The van der Waals surface area contributed by atoms with Gasteiger partial charge in [-0.15, -0.1) is 0 Å². The number of halogens is 2. The van der Waals surface area contributed by atoms with Crippen molar-refractivity contribution in [2.45, 2.75) is 19.9 Å². The van der Waals surface area contributed by atoms with Crippen molar-refractivity contribution >= 4 is 23.2 Å². The van der Waals surface area contributed by atoms with E-state index in [0.29, 0.717) is 10.0 Å². The third-order valence-corrected chi connectivity index (χ3v) is 3.74. The average molecular weight is 295 g/mol. The van der Waals surface area contributed by atoms with Crippen molar-refractivity contribution in [3.05, 3.63) is 68.7 Å². The normalized spacial score (nSPS) is 12.5. The molecule has 0 saturated carbocycles. The molecule has 0 spiro atoms. The lowest BCUT2D eigenvalue weighted by atomic mass is 9.94. The standard InChI is InChI=1S/C15H16Cl2N2/c1-9-3-5-12(10(2)7-9)15(19-18)13-6-4-11(16)8-14(13)17/h3-8,15,19H,18H2,1-2H3. The van der Waals surface area contributed by atoms with Crippen LogP contribution in [0.25, 0.3) is 0 Å². The molecule has 1 atom stereocenters. The first-order valence-electron chi connectivity index (χ1n) is 6.01. The van der Waals surface area contributed by atoms with Crippen LogP contribution in [-0.4, -0.2) is 0 Å². The molecule has 2 aromatic rings. The van der Waals surface area contributed by atoms with Gasteiger partial charge in [0.2, 0.25) is 0 Å². The Bertz CT molecular complexity index is 545. The topological polar surface area (TPSA) is 38.0 Å². The number of hydrogen-bond acceptors (Lipinski definition) is 2. The van der Waals surface area contributed by atoms with Crippen LogP contribution in [0.3, 0.4) is 0 Å². The van der Waals surface area contributed by atoms with Gasteiger partial charge in [0.05, 0.1) is 6.04 Å². The lowest BCUT2D eigenvalue weighted by Crippen LogP contribution is -2.29. The van der Waals surface area contributed by atoms with Gasteiger partial charge < -0.3 is 0 Å². The first-order chi connectivity index (χ1) is 9.02. The van der Waals surface area contributed by atoms with Crippen LogP contribution in [0.5, 0.6) is 0 Å². The summed E-state index contributed by atoms with van der Waals surface area (Å²) in [4.78, 5) is 0. The van der Waals surface area contributed by atoms with E-state index in [2.05, 4.69) is 37.5 Å². The summed E-state index contributed by atoms with van der Waals surface area (Å²) in [6.45, 7) is 4.13. The predicted molar refractivity (Wildman–Crippen MR) is 81.5 cm³/mol. The average Bonchev–Trinajstić information content (AvgIpc) is 2.34. The second kappa shape index (κ2) is 5.93. The highest BCUT2D eigenvalue weighted by molar-refractivity contribution is 6.35. The molecule has 0 aliphatic heterocycles. The summed E-state index contributed by atoms with van der Waals surface area (Å²) >= 11 is 12.2. The summed E-state index contributed by atoms with van der Waals surface area (Å²) in [5.41, 5.74) is 7.25. The van der Waals surface area contributed by atoms with E-state index in [9.17, 15) is 0 Å². The highest BCUT2D eigenvalue weighted by Crippen LogP contribution is 2.31. The maximum Gasteiger partial charge on any atom is 0.0727 e. The monoisotopic (exact) mass is 294 g/mol. The zero-order valence-corrected chi connectivity index (χ0v) is 12.4. The van der Waals surface area contributed by atoms with Gasteiger partial charge in [-0.2, -0.15) is 0 Å². The van der Waals surface area contributed by atoms with Gasteiger partial charge in [0.1, 0.15) is 0 Å². The van der Waals surface area contributed by atoms with E-state index in [0.717, 1.165) is 11.1 Å². The second-order valence-electron chi connectivity index (χ2n) is 4.63. The smallest absolute Gasteiger partial charge is 0.0727 e. The van der Waals surface area contributed by atoms with Crippen LogP contribution in [0.4, 0.5) is 0 Å². The number of nitrogens with one attached hydrogen (secondary N) is 1. The second-order valence-corrected chi connectivity index (χ2v) is 5.47. The summed E-state index contributed by atoms with van der Waals surface area (Å²) in [5, 5.41) is 1.22. The minimum absolute atomic E-state index is 0.148. The third-order valence-electron chi connectivity index (χ3n) is 3.18. The predicted octanol–water partition coefficient (Wildman–Crippen LogP) is 4.16. The highest BCUT2D eigenvalue weighted by Gasteiger charge is 2.17. The highest BCUT2D eigenvalue weighted by atomic mass is 35.5. The van der Waals surface area contributed by atoms with Crippen molar-refractivity contribution in [2.75, 3.05) is 0 Å². The van der Waals surface area contributed by atoms with Gasteiger partial charge in [0, 0.05) is 10.0 Å². The van der Waals surface area contributed by atoms with Gasteiger partial charge in [-0.1, -0.05) is 53.0 Å². The van der Waals surface area contributed by atoms with Gasteiger partial charge in [-0.3, -0.25) is 5.84 Å². The molecule has 0 amide bonds. The lowest BCUT2D eigenvalue weighted by Gasteiger charge is -2.20. The van der Waals surface area contributed by atoms with E-state index in [1.807, 2.05) is 12.1 Å². The SMILES string of the molecule is Cc1ccc(C(NN)c2ccc(Cl)cc2Cl)c(C)c1. The molecule has 0 bridgehead atoms. The van der Waals surface area contributed by atoms with Gasteiger partial charge in [0.15, 0.2) is 0 Å². The Labute approximate surface area is 123 Å². The molecule has 0 saturated heterocycles. The largest absolute Gasteiger partial charge is 0.271 e. The van der Waals surface area contributed by atoms with Crippen LogP contribution < -0.4 is 11.3 Å². The Kier molecular flexibility index (Phi) is 4.48. The minimum Gasteiger partial charge on any atom is -0.271 e. The van der Waals surface area contributed by atoms with Crippen molar-refractivity contribution in [1.82, 2.24) is 5.43 Å². The molecule has 1 unspecified atom stereocenters. The number of aryl methyl sites for hydroxylation is 2. The zero-order valence-electron chi connectivity index (χ0n) is 10.9. The van der Waals surface area contributed by atoms with Crippen LogP contribution in [0.1, 0.15) is 28.3 Å². The molecule has 0 aliphatic rings. The van der Waals surface area contributed by atoms with E-state index in [-0.39, 0.29) is 6.04 Å². The molecule has 2 rings (SSSR count). The third kappa shape index (κ3) is 3.10. The van der Waals surface area contributed by atoms with E-state index >= 15 is 0 Å². The first kappa shape index (κ1) is 14.4. The summed E-state index contributed by atoms with van der Waals surface area (Å²) in [6, 6.07) is 11.6. The maximum absolute atomic E-state index is 6.26. The molecule has 0 radical (unpaired) electrons. The van der Waals surface area contributed by atoms with Crippen LogP contribution in [0.2, 0.25) is 10.0 Å². The Morgan fingerprint density at radius 3 is 2.26 bits per heavy atom.